The van der Waals surface area contributed by atoms with Crippen LogP contribution in [0.1, 0.15) is 20.8 Å². The van der Waals surface area contributed by atoms with Gasteiger partial charge in [0.1, 0.15) is 17.0 Å². The summed E-state index contributed by atoms with van der Waals surface area (Å²) < 4.78 is 0. The standard InChI is InChI=1S/C29H28N6OS/c1-34(2)24-12-11-19(15-23(24)33-28(36)21-10-6-8-18-7-4-5-9-20(18)21)32-27-26-22-13-14-35(3)16-25(22)37-29(26)31-17-30-27/h4-12,15,17H,13-14,16H2,1-3H3,(H,33,36)(H,30,31,32). The van der Waals surface area contributed by atoms with Crippen molar-refractivity contribution in [2.75, 3.05) is 43.2 Å². The number of hydrogen-bond donors (Lipinski definition) is 2. The second-order valence-corrected chi connectivity index (χ2v) is 10.7. The lowest BCUT2D eigenvalue weighted by Crippen LogP contribution is -2.25. The fraction of sp³-hybridized carbons (Fsp3) is 0.207. The minimum absolute atomic E-state index is 0.141. The van der Waals surface area contributed by atoms with Gasteiger partial charge in [-0.3, -0.25) is 4.79 Å². The molecule has 8 heteroatoms. The van der Waals surface area contributed by atoms with Crippen molar-refractivity contribution in [2.24, 2.45) is 0 Å². The van der Waals surface area contributed by atoms with Gasteiger partial charge in [-0.2, -0.15) is 0 Å². The van der Waals surface area contributed by atoms with Crippen molar-refractivity contribution in [3.63, 3.8) is 0 Å². The molecule has 0 spiro atoms. The fourth-order valence-corrected chi connectivity index (χ4v) is 6.27. The number of hydrogen-bond acceptors (Lipinski definition) is 7. The van der Waals surface area contributed by atoms with E-state index in [2.05, 4.69) is 32.5 Å². The first-order chi connectivity index (χ1) is 18.0. The van der Waals surface area contributed by atoms with Crippen LogP contribution in [-0.4, -0.2) is 48.5 Å². The third kappa shape index (κ3) is 4.39. The number of anilines is 4. The Balaban J connectivity index is 1.35. The SMILES string of the molecule is CN1CCc2c(sc3ncnc(Nc4ccc(N(C)C)c(NC(=O)c5cccc6ccccc56)c4)c23)C1. The van der Waals surface area contributed by atoms with E-state index in [0.29, 0.717) is 5.56 Å². The number of carbonyl (C=O) groups excluding carboxylic acids is 1. The van der Waals surface area contributed by atoms with Crippen molar-refractivity contribution < 1.29 is 4.79 Å². The smallest absolute Gasteiger partial charge is 0.256 e. The summed E-state index contributed by atoms with van der Waals surface area (Å²) in [7, 11) is 6.09. The normalized spacial score (nSPS) is 13.5. The molecule has 3 aromatic carbocycles. The number of nitrogens with zero attached hydrogens (tertiary/aromatic N) is 4. The number of benzene rings is 3. The van der Waals surface area contributed by atoms with Crippen LogP contribution < -0.4 is 15.5 Å². The summed E-state index contributed by atoms with van der Waals surface area (Å²) in [6, 6.07) is 19.7. The van der Waals surface area contributed by atoms with Crippen LogP contribution >= 0.6 is 11.3 Å². The molecule has 186 valence electrons. The number of nitrogens with one attached hydrogen (secondary N) is 2. The molecule has 0 bridgehead atoms. The van der Waals surface area contributed by atoms with Crippen molar-refractivity contribution in [3.8, 4) is 0 Å². The lowest BCUT2D eigenvalue weighted by molar-refractivity contribution is 0.102. The highest BCUT2D eigenvalue weighted by atomic mass is 32.1. The van der Waals surface area contributed by atoms with Crippen LogP contribution in [0.5, 0.6) is 0 Å². The van der Waals surface area contributed by atoms with E-state index < -0.39 is 0 Å². The molecular formula is C29H28N6OS. The first kappa shape index (κ1) is 23.4. The fourth-order valence-electron chi connectivity index (χ4n) is 5.00. The second-order valence-electron chi connectivity index (χ2n) is 9.63. The summed E-state index contributed by atoms with van der Waals surface area (Å²) >= 11 is 1.75. The molecule has 3 heterocycles. The van der Waals surface area contributed by atoms with Crippen molar-refractivity contribution in [1.82, 2.24) is 14.9 Å². The molecule has 0 radical (unpaired) electrons. The average molecular weight is 509 g/mol. The van der Waals surface area contributed by atoms with E-state index >= 15 is 0 Å². The van der Waals surface area contributed by atoms with E-state index in [1.54, 1.807) is 17.7 Å². The van der Waals surface area contributed by atoms with Gasteiger partial charge >= 0.3 is 0 Å². The molecule has 0 aliphatic carbocycles. The van der Waals surface area contributed by atoms with Crippen LogP contribution in [0.4, 0.5) is 22.9 Å². The molecule has 0 saturated carbocycles. The number of fused-ring (bicyclic) bond motifs is 4. The van der Waals surface area contributed by atoms with Gasteiger partial charge in [-0.1, -0.05) is 36.4 Å². The molecule has 0 atom stereocenters. The number of carbonyl (C=O) groups is 1. The first-order valence-corrected chi connectivity index (χ1v) is 13.1. The summed E-state index contributed by atoms with van der Waals surface area (Å²) in [4.78, 5) is 29.3. The van der Waals surface area contributed by atoms with Crippen LogP contribution in [0.25, 0.3) is 21.0 Å². The Bertz CT molecular complexity index is 1640. The van der Waals surface area contributed by atoms with E-state index in [1.165, 1.54) is 10.4 Å². The van der Waals surface area contributed by atoms with Gasteiger partial charge in [0.15, 0.2) is 0 Å². The maximum Gasteiger partial charge on any atom is 0.256 e. The summed E-state index contributed by atoms with van der Waals surface area (Å²) in [5.41, 5.74) is 4.49. The zero-order valence-corrected chi connectivity index (χ0v) is 21.9. The molecule has 1 aliphatic heterocycles. The molecule has 0 fully saturated rings. The molecule has 2 aromatic heterocycles. The van der Waals surface area contributed by atoms with Crippen LogP contribution in [-0.2, 0) is 13.0 Å². The molecule has 0 saturated heterocycles. The minimum Gasteiger partial charge on any atom is -0.376 e. The number of amides is 1. The van der Waals surface area contributed by atoms with E-state index in [-0.39, 0.29) is 5.91 Å². The van der Waals surface area contributed by atoms with Crippen molar-refractivity contribution in [2.45, 2.75) is 13.0 Å². The zero-order valence-electron chi connectivity index (χ0n) is 21.1. The van der Waals surface area contributed by atoms with Gasteiger partial charge in [0.2, 0.25) is 0 Å². The van der Waals surface area contributed by atoms with Gasteiger partial charge in [-0.05, 0) is 54.1 Å². The topological polar surface area (TPSA) is 73.4 Å². The Morgan fingerprint density at radius 3 is 2.76 bits per heavy atom. The van der Waals surface area contributed by atoms with Gasteiger partial charge in [-0.25, -0.2) is 9.97 Å². The largest absolute Gasteiger partial charge is 0.376 e. The van der Waals surface area contributed by atoms with E-state index in [4.69, 9.17) is 0 Å². The number of likely N-dealkylation sites (N-methyl/N-ethyl adjacent to an activating group) is 1. The Labute approximate surface area is 219 Å². The molecule has 5 aromatic rings. The predicted molar refractivity (Wildman–Crippen MR) is 153 cm³/mol. The summed E-state index contributed by atoms with van der Waals surface area (Å²) in [5.74, 6) is 0.661. The molecular weight excluding hydrogens is 480 g/mol. The van der Waals surface area contributed by atoms with Gasteiger partial charge < -0.3 is 20.4 Å². The number of thiophene rings is 1. The van der Waals surface area contributed by atoms with E-state index in [0.717, 1.165) is 63.4 Å². The Morgan fingerprint density at radius 1 is 1.05 bits per heavy atom. The second kappa shape index (κ2) is 9.46. The van der Waals surface area contributed by atoms with Crippen LogP contribution in [0, 0.1) is 0 Å². The summed E-state index contributed by atoms with van der Waals surface area (Å²) in [6.45, 7) is 1.97. The number of aromatic nitrogens is 2. The molecule has 1 amide bonds. The van der Waals surface area contributed by atoms with E-state index in [9.17, 15) is 4.79 Å². The Kier molecular flexibility index (Phi) is 5.98. The highest BCUT2D eigenvalue weighted by Gasteiger charge is 2.22. The van der Waals surface area contributed by atoms with Gasteiger partial charge in [0, 0.05) is 43.3 Å². The molecule has 0 unspecified atom stereocenters. The van der Waals surface area contributed by atoms with Crippen LogP contribution in [0.2, 0.25) is 0 Å². The third-order valence-corrected chi connectivity index (χ3v) is 7.98. The quantitative estimate of drug-likeness (QED) is 0.308. The number of rotatable bonds is 5. The van der Waals surface area contributed by atoms with Crippen LogP contribution in [0.15, 0.2) is 67.0 Å². The monoisotopic (exact) mass is 508 g/mol. The predicted octanol–water partition coefficient (Wildman–Crippen LogP) is 5.89. The molecule has 6 rings (SSSR count). The van der Waals surface area contributed by atoms with Gasteiger partial charge in [0.05, 0.1) is 16.8 Å². The minimum atomic E-state index is -0.141. The molecule has 1 aliphatic rings. The maximum absolute atomic E-state index is 13.4. The Hall–Kier alpha value is -4.01. The average Bonchev–Trinajstić information content (AvgIpc) is 3.26. The molecule has 7 nitrogen and oxygen atoms in total. The highest BCUT2D eigenvalue weighted by Crippen LogP contribution is 2.38. The first-order valence-electron chi connectivity index (χ1n) is 12.3. The third-order valence-electron chi connectivity index (χ3n) is 6.85. The zero-order chi connectivity index (χ0) is 25.5. The van der Waals surface area contributed by atoms with Crippen molar-refractivity contribution in [3.05, 3.63) is 83.0 Å². The highest BCUT2D eigenvalue weighted by molar-refractivity contribution is 7.19. The molecule has 37 heavy (non-hydrogen) atoms. The van der Waals surface area contributed by atoms with E-state index in [1.807, 2.05) is 79.7 Å². The summed E-state index contributed by atoms with van der Waals surface area (Å²) in [5, 5.41) is 9.75. The maximum atomic E-state index is 13.4. The van der Waals surface area contributed by atoms with Gasteiger partial charge in [0.25, 0.3) is 5.91 Å². The lowest BCUT2D eigenvalue weighted by Gasteiger charge is -2.22. The van der Waals surface area contributed by atoms with Gasteiger partial charge in [-0.15, -0.1) is 11.3 Å². The summed E-state index contributed by atoms with van der Waals surface area (Å²) in [6.07, 6.45) is 2.60. The lowest BCUT2D eigenvalue weighted by atomic mass is 10.0. The van der Waals surface area contributed by atoms with Crippen molar-refractivity contribution in [1.29, 1.82) is 0 Å². The van der Waals surface area contributed by atoms with Crippen molar-refractivity contribution >= 4 is 61.1 Å². The van der Waals surface area contributed by atoms with Crippen LogP contribution in [0.3, 0.4) is 0 Å². The molecule has 2 N–H and O–H groups in total. The Morgan fingerprint density at radius 2 is 1.89 bits per heavy atom.